The highest BCUT2D eigenvalue weighted by Gasteiger charge is 2.20. The van der Waals surface area contributed by atoms with E-state index in [1.807, 2.05) is 12.1 Å². The van der Waals surface area contributed by atoms with Crippen molar-refractivity contribution in [2.24, 2.45) is 7.05 Å². The number of carbonyl (C=O) groups excluding carboxylic acids is 1. The number of rotatable bonds is 4. The standard InChI is InChI=1S/C21H16BrFN4O2/c1-13-19(21(29)27(26(13)2)16-6-4-3-5-7-16)25-20(28)15(12-24)10-14-8-9-18(23)17(22)11-14/h3-11H,1-2H3,(H,25,28)/b15-10+. The Bertz CT molecular complexity index is 1220. The minimum absolute atomic E-state index is 0.0859. The number of carbonyl (C=O) groups is 1. The quantitative estimate of drug-likeness (QED) is 0.478. The number of hydrogen-bond donors (Lipinski definition) is 1. The molecule has 6 nitrogen and oxygen atoms in total. The van der Waals surface area contributed by atoms with Gasteiger partial charge in [0.1, 0.15) is 23.1 Å². The molecule has 3 rings (SSSR count). The third-order valence-electron chi connectivity index (χ3n) is 4.41. The van der Waals surface area contributed by atoms with Gasteiger partial charge in [0.2, 0.25) is 0 Å². The van der Waals surface area contributed by atoms with Crippen LogP contribution in [0.1, 0.15) is 11.3 Å². The van der Waals surface area contributed by atoms with Crippen molar-refractivity contribution in [3.63, 3.8) is 0 Å². The minimum atomic E-state index is -0.723. The first-order valence-electron chi connectivity index (χ1n) is 8.55. The number of para-hydroxylation sites is 1. The average molecular weight is 455 g/mol. The van der Waals surface area contributed by atoms with Gasteiger partial charge in [-0.05, 0) is 58.8 Å². The summed E-state index contributed by atoms with van der Waals surface area (Å²) in [7, 11) is 1.70. The third kappa shape index (κ3) is 4.05. The summed E-state index contributed by atoms with van der Waals surface area (Å²) < 4.78 is 16.7. The molecule has 0 unspecified atom stereocenters. The number of halogens is 2. The fourth-order valence-corrected chi connectivity index (χ4v) is 3.21. The Kier molecular flexibility index (Phi) is 5.80. The highest BCUT2D eigenvalue weighted by atomic mass is 79.9. The van der Waals surface area contributed by atoms with Crippen LogP contribution in [0.15, 0.2) is 63.4 Å². The van der Waals surface area contributed by atoms with Gasteiger partial charge in [0.15, 0.2) is 0 Å². The molecule has 29 heavy (non-hydrogen) atoms. The lowest BCUT2D eigenvalue weighted by Gasteiger charge is -2.07. The molecule has 2 aromatic carbocycles. The molecule has 0 atom stereocenters. The molecule has 0 fully saturated rings. The molecule has 0 radical (unpaired) electrons. The Morgan fingerprint density at radius 1 is 1.24 bits per heavy atom. The van der Waals surface area contributed by atoms with Crippen LogP contribution in [0.3, 0.4) is 0 Å². The molecule has 8 heteroatoms. The number of aromatic nitrogens is 2. The molecule has 1 aromatic heterocycles. The fourth-order valence-electron chi connectivity index (χ4n) is 2.81. The van der Waals surface area contributed by atoms with Gasteiger partial charge in [0, 0.05) is 7.05 Å². The van der Waals surface area contributed by atoms with Gasteiger partial charge >= 0.3 is 0 Å². The fraction of sp³-hybridized carbons (Fsp3) is 0.0952. The van der Waals surface area contributed by atoms with Gasteiger partial charge in [-0.2, -0.15) is 5.26 Å². The molecule has 0 aliphatic carbocycles. The number of nitrogens with one attached hydrogen (secondary N) is 1. The number of nitrogens with zero attached hydrogens (tertiary/aromatic N) is 3. The van der Waals surface area contributed by atoms with Crippen LogP contribution in [0.25, 0.3) is 11.8 Å². The summed E-state index contributed by atoms with van der Waals surface area (Å²) in [5, 5.41) is 11.9. The third-order valence-corrected chi connectivity index (χ3v) is 5.02. The van der Waals surface area contributed by atoms with Crippen molar-refractivity contribution < 1.29 is 9.18 Å². The lowest BCUT2D eigenvalue weighted by atomic mass is 10.1. The first-order valence-corrected chi connectivity index (χ1v) is 9.35. The number of benzene rings is 2. The lowest BCUT2D eigenvalue weighted by molar-refractivity contribution is -0.112. The number of anilines is 1. The summed E-state index contributed by atoms with van der Waals surface area (Å²) >= 11 is 3.07. The number of amides is 1. The predicted octanol–water partition coefficient (Wildman–Crippen LogP) is 3.93. The topological polar surface area (TPSA) is 79.8 Å². The van der Waals surface area contributed by atoms with Crippen molar-refractivity contribution in [1.82, 2.24) is 9.36 Å². The Morgan fingerprint density at radius 2 is 1.93 bits per heavy atom. The molecular weight excluding hydrogens is 439 g/mol. The van der Waals surface area contributed by atoms with Gasteiger partial charge < -0.3 is 5.32 Å². The smallest absolute Gasteiger partial charge is 0.295 e. The van der Waals surface area contributed by atoms with Gasteiger partial charge in [-0.3, -0.25) is 14.3 Å². The van der Waals surface area contributed by atoms with Crippen molar-refractivity contribution in [3.8, 4) is 11.8 Å². The van der Waals surface area contributed by atoms with Crippen LogP contribution in [0.4, 0.5) is 10.1 Å². The van der Waals surface area contributed by atoms with E-state index in [0.717, 1.165) is 0 Å². The minimum Gasteiger partial charge on any atom is -0.315 e. The highest BCUT2D eigenvalue weighted by Crippen LogP contribution is 2.19. The zero-order valence-electron chi connectivity index (χ0n) is 15.6. The van der Waals surface area contributed by atoms with E-state index in [1.54, 1.807) is 42.9 Å². The first kappa shape index (κ1) is 20.3. The largest absolute Gasteiger partial charge is 0.315 e. The van der Waals surface area contributed by atoms with E-state index in [0.29, 0.717) is 16.9 Å². The van der Waals surface area contributed by atoms with E-state index in [4.69, 9.17) is 0 Å². The van der Waals surface area contributed by atoms with Crippen molar-refractivity contribution in [1.29, 1.82) is 5.26 Å². The lowest BCUT2D eigenvalue weighted by Crippen LogP contribution is -2.23. The summed E-state index contributed by atoms with van der Waals surface area (Å²) in [4.78, 5) is 25.5. The summed E-state index contributed by atoms with van der Waals surface area (Å²) in [5.74, 6) is -1.18. The second kappa shape index (κ2) is 8.29. The summed E-state index contributed by atoms with van der Waals surface area (Å²) in [6.07, 6.45) is 1.33. The maximum absolute atomic E-state index is 13.4. The Hall–Kier alpha value is -3.44. The second-order valence-electron chi connectivity index (χ2n) is 6.23. The van der Waals surface area contributed by atoms with E-state index in [-0.39, 0.29) is 15.7 Å². The SMILES string of the molecule is Cc1c(NC(=O)/C(C#N)=C/c2ccc(F)c(Br)c2)c(=O)n(-c2ccccc2)n1C. The first-order chi connectivity index (χ1) is 13.8. The molecule has 1 N–H and O–H groups in total. The Labute approximate surface area is 174 Å². The van der Waals surface area contributed by atoms with Gasteiger partial charge in [0.25, 0.3) is 11.5 Å². The molecule has 0 saturated heterocycles. The summed E-state index contributed by atoms with van der Waals surface area (Å²) in [6.45, 7) is 1.70. The molecule has 0 aliphatic rings. The molecule has 0 bridgehead atoms. The van der Waals surface area contributed by atoms with Crippen LogP contribution >= 0.6 is 15.9 Å². The van der Waals surface area contributed by atoms with Crippen molar-refractivity contribution in [2.45, 2.75) is 6.92 Å². The van der Waals surface area contributed by atoms with E-state index < -0.39 is 17.3 Å². The average Bonchev–Trinajstić information content (AvgIpc) is 2.92. The maximum Gasteiger partial charge on any atom is 0.295 e. The Morgan fingerprint density at radius 3 is 2.55 bits per heavy atom. The van der Waals surface area contributed by atoms with Gasteiger partial charge in [0.05, 0.1) is 15.9 Å². The van der Waals surface area contributed by atoms with Crippen molar-refractivity contribution >= 4 is 33.6 Å². The Balaban J connectivity index is 1.96. The zero-order valence-corrected chi connectivity index (χ0v) is 17.2. The summed E-state index contributed by atoms with van der Waals surface area (Å²) in [5.41, 5.74) is 1.12. The van der Waals surface area contributed by atoms with E-state index in [1.165, 1.54) is 29.0 Å². The van der Waals surface area contributed by atoms with Crippen LogP contribution in [0.5, 0.6) is 0 Å². The molecule has 3 aromatic rings. The van der Waals surface area contributed by atoms with Gasteiger partial charge in [-0.1, -0.05) is 24.3 Å². The van der Waals surface area contributed by atoms with E-state index in [2.05, 4.69) is 21.2 Å². The molecule has 0 aliphatic heterocycles. The van der Waals surface area contributed by atoms with E-state index >= 15 is 0 Å². The van der Waals surface area contributed by atoms with Gasteiger partial charge in [-0.25, -0.2) is 9.07 Å². The van der Waals surface area contributed by atoms with Crippen molar-refractivity contribution in [3.05, 3.63) is 86.0 Å². The zero-order chi connectivity index (χ0) is 21.1. The normalized spacial score (nSPS) is 11.2. The predicted molar refractivity (Wildman–Crippen MR) is 112 cm³/mol. The molecule has 1 amide bonds. The summed E-state index contributed by atoms with van der Waals surface area (Å²) in [6, 6.07) is 14.9. The van der Waals surface area contributed by atoms with Gasteiger partial charge in [-0.15, -0.1) is 0 Å². The molecular formula is C21H16BrFN4O2. The van der Waals surface area contributed by atoms with E-state index in [9.17, 15) is 19.2 Å². The molecule has 1 heterocycles. The van der Waals surface area contributed by atoms with Crippen LogP contribution in [0, 0.1) is 24.1 Å². The monoisotopic (exact) mass is 454 g/mol. The van der Waals surface area contributed by atoms with Crippen LogP contribution in [-0.4, -0.2) is 15.3 Å². The van der Waals surface area contributed by atoms with Crippen LogP contribution < -0.4 is 10.9 Å². The number of hydrogen-bond acceptors (Lipinski definition) is 3. The van der Waals surface area contributed by atoms with Crippen LogP contribution in [0.2, 0.25) is 0 Å². The molecule has 0 spiro atoms. The van der Waals surface area contributed by atoms with Crippen molar-refractivity contribution in [2.75, 3.05) is 5.32 Å². The van der Waals surface area contributed by atoms with Crippen LogP contribution in [-0.2, 0) is 11.8 Å². The highest BCUT2D eigenvalue weighted by molar-refractivity contribution is 9.10. The second-order valence-corrected chi connectivity index (χ2v) is 7.09. The maximum atomic E-state index is 13.4. The number of nitriles is 1. The molecule has 146 valence electrons. The molecule has 0 saturated carbocycles.